The minimum Gasteiger partial charge on any atom is -0.326 e. The van der Waals surface area contributed by atoms with E-state index in [0.29, 0.717) is 6.42 Å². The fourth-order valence-electron chi connectivity index (χ4n) is 3.38. The topological polar surface area (TPSA) is 46.4 Å². The average molecular weight is 411 g/mol. The Kier molecular flexibility index (Phi) is 6.41. The Bertz CT molecular complexity index is 912. The summed E-state index contributed by atoms with van der Waals surface area (Å²) in [4.78, 5) is 21.0. The van der Waals surface area contributed by atoms with Crippen molar-refractivity contribution < 1.29 is 9.69 Å². The Morgan fingerprint density at radius 2 is 1.86 bits per heavy atom. The molecule has 0 saturated carbocycles. The zero-order chi connectivity index (χ0) is 19.2. The van der Waals surface area contributed by atoms with Crippen LogP contribution in [-0.4, -0.2) is 23.2 Å². The van der Waals surface area contributed by atoms with Crippen LogP contribution in [0.1, 0.15) is 22.6 Å². The lowest BCUT2D eigenvalue weighted by Crippen LogP contribution is -3.10. The molecular weight excluding hydrogens is 386 g/mol. The van der Waals surface area contributed by atoms with Gasteiger partial charge in [0.25, 0.3) is 0 Å². The summed E-state index contributed by atoms with van der Waals surface area (Å²) in [6.45, 7) is 3.12. The number of amides is 1. The lowest BCUT2D eigenvalue weighted by atomic mass is 10.1. The summed E-state index contributed by atoms with van der Waals surface area (Å²) in [5.41, 5.74) is 2.53. The van der Waals surface area contributed by atoms with Gasteiger partial charge in [0, 0.05) is 29.1 Å². The number of thioether (sulfide) groups is 1. The van der Waals surface area contributed by atoms with E-state index in [2.05, 4.69) is 52.8 Å². The van der Waals surface area contributed by atoms with Crippen molar-refractivity contribution in [1.29, 1.82) is 0 Å². The maximum atomic E-state index is 12.3. The number of nitrogens with one attached hydrogen (secondary N) is 2. The summed E-state index contributed by atoms with van der Waals surface area (Å²) in [5, 5.41) is 3.75. The smallest absolute Gasteiger partial charge is 0.226 e. The number of hydrogen-bond acceptors (Lipinski definition) is 4. The highest BCUT2D eigenvalue weighted by atomic mass is 32.2. The highest BCUT2D eigenvalue weighted by molar-refractivity contribution is 7.99. The summed E-state index contributed by atoms with van der Waals surface area (Å²) in [5.74, 6) is 0.818. The first kappa shape index (κ1) is 19.2. The normalized spacial score (nSPS) is 15.8. The second kappa shape index (κ2) is 9.37. The molecular formula is C22H24N3OS2+. The molecule has 2 aromatic carbocycles. The third kappa shape index (κ3) is 5.22. The van der Waals surface area contributed by atoms with Crippen molar-refractivity contribution in [1.82, 2.24) is 4.98 Å². The molecule has 1 atom stereocenters. The van der Waals surface area contributed by atoms with Crippen LogP contribution in [0.3, 0.4) is 0 Å². The molecule has 0 aliphatic carbocycles. The number of fused-ring (bicyclic) bond motifs is 1. The van der Waals surface area contributed by atoms with Crippen LogP contribution in [0.25, 0.3) is 0 Å². The molecule has 1 aliphatic rings. The van der Waals surface area contributed by atoms with Gasteiger partial charge < -0.3 is 10.2 Å². The minimum atomic E-state index is 0.0445. The van der Waals surface area contributed by atoms with E-state index in [1.54, 1.807) is 28.0 Å². The summed E-state index contributed by atoms with van der Waals surface area (Å²) in [7, 11) is 0. The van der Waals surface area contributed by atoms with Crippen LogP contribution in [0.5, 0.6) is 0 Å². The first-order valence-corrected chi connectivity index (χ1v) is 11.4. The Labute approximate surface area is 174 Å². The lowest BCUT2D eigenvalue weighted by Gasteiger charge is -2.22. The summed E-state index contributed by atoms with van der Waals surface area (Å²) >= 11 is 3.34. The Morgan fingerprint density at radius 3 is 2.64 bits per heavy atom. The van der Waals surface area contributed by atoms with Gasteiger partial charge in [0.15, 0.2) is 5.13 Å². The van der Waals surface area contributed by atoms with Gasteiger partial charge in [-0.2, -0.15) is 0 Å². The van der Waals surface area contributed by atoms with E-state index in [9.17, 15) is 4.79 Å². The van der Waals surface area contributed by atoms with Crippen LogP contribution in [0.15, 0.2) is 65.6 Å². The molecule has 0 saturated heterocycles. The van der Waals surface area contributed by atoms with E-state index in [1.165, 1.54) is 15.3 Å². The number of aromatic nitrogens is 1. The van der Waals surface area contributed by atoms with E-state index < -0.39 is 0 Å². The van der Waals surface area contributed by atoms with Crippen molar-refractivity contribution in [3.05, 3.63) is 76.8 Å². The van der Waals surface area contributed by atoms with Crippen molar-refractivity contribution in [3.63, 3.8) is 0 Å². The van der Waals surface area contributed by atoms with Gasteiger partial charge in [-0.1, -0.05) is 59.9 Å². The monoisotopic (exact) mass is 410 g/mol. The van der Waals surface area contributed by atoms with E-state index in [4.69, 9.17) is 0 Å². The zero-order valence-electron chi connectivity index (χ0n) is 15.7. The predicted molar refractivity (Wildman–Crippen MR) is 116 cm³/mol. The van der Waals surface area contributed by atoms with Gasteiger partial charge in [-0.3, -0.25) is 4.79 Å². The molecule has 2 N–H and O–H groups in total. The molecule has 1 amide bonds. The Balaban J connectivity index is 1.27. The number of thiazole rings is 1. The molecule has 4 rings (SSSR count). The maximum absolute atomic E-state index is 12.3. The molecule has 1 unspecified atom stereocenters. The Hall–Kier alpha value is -2.15. The summed E-state index contributed by atoms with van der Waals surface area (Å²) in [6, 6.07) is 20.8. The molecule has 2 heterocycles. The number of rotatable bonds is 7. The van der Waals surface area contributed by atoms with Gasteiger partial charge in [0.05, 0.1) is 17.1 Å². The van der Waals surface area contributed by atoms with Gasteiger partial charge >= 0.3 is 0 Å². The third-order valence-corrected chi connectivity index (χ3v) is 6.82. The maximum Gasteiger partial charge on any atom is 0.226 e. The SMILES string of the molecule is O=C(CCSc1ccccc1)Nc1nc2c(s1)C[NH+](Cc1ccccc1)CC2. The second-order valence-corrected chi connectivity index (χ2v) is 9.19. The van der Waals surface area contributed by atoms with Crippen molar-refractivity contribution in [2.45, 2.75) is 30.8 Å². The number of benzene rings is 2. The van der Waals surface area contributed by atoms with Crippen molar-refractivity contribution in [3.8, 4) is 0 Å². The average Bonchev–Trinajstić information content (AvgIpc) is 3.11. The predicted octanol–water partition coefficient (Wildman–Crippen LogP) is 3.41. The van der Waals surface area contributed by atoms with Crippen LogP contribution < -0.4 is 10.2 Å². The molecule has 4 nitrogen and oxygen atoms in total. The summed E-state index contributed by atoms with van der Waals surface area (Å²) < 4.78 is 0. The molecule has 0 spiro atoms. The van der Waals surface area contributed by atoms with Crippen LogP contribution in [-0.2, 0) is 24.3 Å². The lowest BCUT2D eigenvalue weighted by molar-refractivity contribution is -0.929. The molecule has 3 aromatic rings. The van der Waals surface area contributed by atoms with Gasteiger partial charge in [0.2, 0.25) is 5.91 Å². The molecule has 1 aliphatic heterocycles. The van der Waals surface area contributed by atoms with Crippen LogP contribution in [0.4, 0.5) is 5.13 Å². The van der Waals surface area contributed by atoms with Crippen molar-refractivity contribution >= 4 is 34.1 Å². The molecule has 1 aromatic heterocycles. The van der Waals surface area contributed by atoms with E-state index in [-0.39, 0.29) is 5.91 Å². The van der Waals surface area contributed by atoms with Crippen LogP contribution in [0.2, 0.25) is 0 Å². The Morgan fingerprint density at radius 1 is 1.11 bits per heavy atom. The van der Waals surface area contributed by atoms with Gasteiger partial charge in [0.1, 0.15) is 13.1 Å². The van der Waals surface area contributed by atoms with Crippen molar-refractivity contribution in [2.24, 2.45) is 0 Å². The minimum absolute atomic E-state index is 0.0445. The molecule has 0 fully saturated rings. The summed E-state index contributed by atoms with van der Waals surface area (Å²) in [6.07, 6.45) is 1.48. The highest BCUT2D eigenvalue weighted by Gasteiger charge is 2.24. The number of quaternary nitrogens is 1. The number of anilines is 1. The van der Waals surface area contributed by atoms with E-state index in [0.717, 1.165) is 42.6 Å². The van der Waals surface area contributed by atoms with Gasteiger partial charge in [-0.25, -0.2) is 4.98 Å². The van der Waals surface area contributed by atoms with Crippen LogP contribution in [0, 0.1) is 0 Å². The standard InChI is InChI=1S/C22H23N3OS2/c26-21(12-14-27-18-9-5-2-6-10-18)24-22-23-19-11-13-25(16-20(19)28-22)15-17-7-3-1-4-8-17/h1-10H,11-16H2,(H,23,24,26)/p+1. The fourth-order valence-corrected chi connectivity index (χ4v) is 5.35. The molecule has 28 heavy (non-hydrogen) atoms. The number of carbonyl (C=O) groups excluding carboxylic acids is 1. The molecule has 0 radical (unpaired) electrons. The van der Waals surface area contributed by atoms with E-state index in [1.807, 2.05) is 18.2 Å². The van der Waals surface area contributed by atoms with Crippen LogP contribution >= 0.6 is 23.1 Å². The quantitative estimate of drug-likeness (QED) is 0.587. The second-order valence-electron chi connectivity index (χ2n) is 6.94. The highest BCUT2D eigenvalue weighted by Crippen LogP contribution is 2.25. The molecule has 0 bridgehead atoms. The number of nitrogens with zero attached hydrogens (tertiary/aromatic N) is 1. The molecule has 6 heteroatoms. The van der Waals surface area contributed by atoms with Gasteiger partial charge in [-0.15, -0.1) is 11.8 Å². The first-order chi connectivity index (χ1) is 13.8. The number of hydrogen-bond donors (Lipinski definition) is 2. The molecule has 144 valence electrons. The van der Waals surface area contributed by atoms with E-state index >= 15 is 0 Å². The zero-order valence-corrected chi connectivity index (χ0v) is 17.3. The largest absolute Gasteiger partial charge is 0.326 e. The van der Waals surface area contributed by atoms with Gasteiger partial charge in [-0.05, 0) is 12.1 Å². The third-order valence-electron chi connectivity index (χ3n) is 4.79. The fraction of sp³-hybridized carbons (Fsp3) is 0.273. The first-order valence-electron chi connectivity index (χ1n) is 9.60. The van der Waals surface area contributed by atoms with Crippen molar-refractivity contribution in [2.75, 3.05) is 17.6 Å². The number of carbonyl (C=O) groups is 1.